The number of carboxylic acids is 1. The number of rotatable bonds is 2. The molecule has 2 atom stereocenters. The summed E-state index contributed by atoms with van der Waals surface area (Å²) in [6, 6.07) is 0. The van der Waals surface area contributed by atoms with Gasteiger partial charge in [-0.25, -0.2) is 0 Å². The maximum Gasteiger partial charge on any atom is 0.312 e. The second kappa shape index (κ2) is 3.14. The third kappa shape index (κ3) is 1.20. The number of aliphatic hydroxyl groups is 1. The molecule has 2 aliphatic rings. The minimum atomic E-state index is -0.941. The zero-order valence-electron chi connectivity index (χ0n) is 8.32. The summed E-state index contributed by atoms with van der Waals surface area (Å²) in [5, 5.41) is 19.6. The van der Waals surface area contributed by atoms with Gasteiger partial charge in [0.2, 0.25) is 0 Å². The molecule has 0 aromatic rings. The van der Waals surface area contributed by atoms with Crippen LogP contribution >= 0.6 is 11.8 Å². The van der Waals surface area contributed by atoms with E-state index in [2.05, 4.69) is 0 Å². The van der Waals surface area contributed by atoms with Crippen molar-refractivity contribution in [3.8, 4) is 0 Å². The van der Waals surface area contributed by atoms with E-state index in [-0.39, 0.29) is 5.92 Å². The lowest BCUT2D eigenvalue weighted by molar-refractivity contribution is -0.158. The first-order valence-electron chi connectivity index (χ1n) is 5.06. The summed E-state index contributed by atoms with van der Waals surface area (Å²) in [6.07, 6.45) is 1.91. The Hall–Kier alpha value is -0.220. The molecular weight excluding hydrogens is 200 g/mol. The van der Waals surface area contributed by atoms with Gasteiger partial charge in [0.25, 0.3) is 0 Å². The zero-order chi connectivity index (χ0) is 10.4. The van der Waals surface area contributed by atoms with Gasteiger partial charge < -0.3 is 10.2 Å². The van der Waals surface area contributed by atoms with Crippen molar-refractivity contribution in [1.82, 2.24) is 0 Å². The molecule has 2 unspecified atom stereocenters. The SMILES string of the molecule is CC1CC1(C(=O)O)C1(O)CCSCC1. The van der Waals surface area contributed by atoms with Crippen LogP contribution in [0.15, 0.2) is 0 Å². The van der Waals surface area contributed by atoms with Gasteiger partial charge in [-0.1, -0.05) is 6.92 Å². The summed E-state index contributed by atoms with van der Waals surface area (Å²) in [5.74, 6) is 1.10. The molecule has 1 aliphatic heterocycles. The number of aliphatic carboxylic acids is 1. The molecule has 2 fully saturated rings. The molecule has 80 valence electrons. The van der Waals surface area contributed by atoms with Crippen LogP contribution < -0.4 is 0 Å². The predicted octanol–water partition coefficient (Wildman–Crippen LogP) is 1.36. The smallest absolute Gasteiger partial charge is 0.312 e. The van der Waals surface area contributed by atoms with Crippen LogP contribution in [-0.4, -0.2) is 33.3 Å². The molecule has 1 saturated heterocycles. The number of carbonyl (C=O) groups is 1. The van der Waals surface area contributed by atoms with Crippen LogP contribution in [0.5, 0.6) is 0 Å². The molecule has 0 aromatic heterocycles. The second-order valence-electron chi connectivity index (χ2n) is 4.53. The minimum absolute atomic E-state index is 0.132. The maximum atomic E-state index is 11.2. The zero-order valence-corrected chi connectivity index (χ0v) is 9.14. The van der Waals surface area contributed by atoms with Crippen molar-refractivity contribution in [3.63, 3.8) is 0 Å². The average Bonchev–Trinajstić information content (AvgIpc) is 2.80. The fraction of sp³-hybridized carbons (Fsp3) is 0.900. The van der Waals surface area contributed by atoms with Gasteiger partial charge in [-0.15, -0.1) is 0 Å². The van der Waals surface area contributed by atoms with Gasteiger partial charge in [0.15, 0.2) is 0 Å². The van der Waals surface area contributed by atoms with Gasteiger partial charge in [-0.05, 0) is 36.7 Å². The van der Waals surface area contributed by atoms with E-state index in [1.807, 2.05) is 6.92 Å². The molecule has 0 radical (unpaired) electrons. The summed E-state index contributed by atoms with van der Waals surface area (Å²) in [4.78, 5) is 11.2. The quantitative estimate of drug-likeness (QED) is 0.731. The van der Waals surface area contributed by atoms with Crippen molar-refractivity contribution in [1.29, 1.82) is 0 Å². The highest BCUT2D eigenvalue weighted by Gasteiger charge is 2.69. The van der Waals surface area contributed by atoms with Crippen LogP contribution in [0, 0.1) is 11.3 Å². The van der Waals surface area contributed by atoms with Crippen molar-refractivity contribution in [2.24, 2.45) is 11.3 Å². The molecule has 14 heavy (non-hydrogen) atoms. The Morgan fingerprint density at radius 1 is 1.43 bits per heavy atom. The van der Waals surface area contributed by atoms with Gasteiger partial charge in [0.1, 0.15) is 0 Å². The van der Waals surface area contributed by atoms with E-state index >= 15 is 0 Å². The van der Waals surface area contributed by atoms with Gasteiger partial charge in [0.05, 0.1) is 11.0 Å². The summed E-state index contributed by atoms with van der Waals surface area (Å²) in [7, 11) is 0. The monoisotopic (exact) mass is 216 g/mol. The molecule has 0 bridgehead atoms. The first kappa shape index (κ1) is 10.3. The molecule has 0 aromatic carbocycles. The van der Waals surface area contributed by atoms with Gasteiger partial charge in [0, 0.05) is 0 Å². The van der Waals surface area contributed by atoms with Gasteiger partial charge in [-0.3, -0.25) is 4.79 Å². The predicted molar refractivity (Wildman–Crippen MR) is 55.4 cm³/mol. The van der Waals surface area contributed by atoms with Crippen LogP contribution in [0.1, 0.15) is 26.2 Å². The van der Waals surface area contributed by atoms with Crippen LogP contribution in [0.4, 0.5) is 0 Å². The van der Waals surface area contributed by atoms with E-state index in [0.717, 1.165) is 11.5 Å². The lowest BCUT2D eigenvalue weighted by atomic mass is 9.78. The molecule has 0 spiro atoms. The highest BCUT2D eigenvalue weighted by molar-refractivity contribution is 7.99. The standard InChI is InChI=1S/C10H16O3S/c1-7-6-10(7,8(11)12)9(13)2-4-14-5-3-9/h7,13H,2-6H2,1H3,(H,11,12). The topological polar surface area (TPSA) is 57.5 Å². The fourth-order valence-electron chi connectivity index (χ4n) is 2.73. The summed E-state index contributed by atoms with van der Waals surface area (Å²) < 4.78 is 0. The minimum Gasteiger partial charge on any atom is -0.481 e. The Labute approximate surface area is 87.9 Å². The molecule has 2 N–H and O–H groups in total. The Kier molecular flexibility index (Phi) is 2.31. The third-order valence-corrected chi connectivity index (χ3v) is 4.83. The number of carboxylic acid groups (broad SMARTS) is 1. The Morgan fingerprint density at radius 3 is 2.29 bits per heavy atom. The van der Waals surface area contributed by atoms with E-state index < -0.39 is 17.0 Å². The average molecular weight is 216 g/mol. The first-order valence-corrected chi connectivity index (χ1v) is 6.22. The number of thioether (sulfide) groups is 1. The van der Waals surface area contributed by atoms with Crippen LogP contribution in [0.2, 0.25) is 0 Å². The molecule has 2 rings (SSSR count). The first-order chi connectivity index (χ1) is 6.53. The molecule has 3 nitrogen and oxygen atoms in total. The molecular formula is C10H16O3S. The van der Waals surface area contributed by atoms with Crippen LogP contribution in [0.3, 0.4) is 0 Å². The molecule has 4 heteroatoms. The molecule has 1 aliphatic carbocycles. The second-order valence-corrected chi connectivity index (χ2v) is 5.75. The molecule has 1 heterocycles. The van der Waals surface area contributed by atoms with E-state index in [0.29, 0.717) is 19.3 Å². The third-order valence-electron chi connectivity index (χ3n) is 3.84. The van der Waals surface area contributed by atoms with E-state index in [1.165, 1.54) is 0 Å². The molecule has 1 saturated carbocycles. The van der Waals surface area contributed by atoms with Crippen molar-refractivity contribution in [2.75, 3.05) is 11.5 Å². The van der Waals surface area contributed by atoms with E-state index in [4.69, 9.17) is 0 Å². The van der Waals surface area contributed by atoms with Crippen molar-refractivity contribution in [2.45, 2.75) is 31.8 Å². The Morgan fingerprint density at radius 2 is 1.93 bits per heavy atom. The highest BCUT2D eigenvalue weighted by Crippen LogP contribution is 2.62. The molecule has 0 amide bonds. The number of hydrogen-bond acceptors (Lipinski definition) is 3. The van der Waals surface area contributed by atoms with Crippen molar-refractivity contribution >= 4 is 17.7 Å². The van der Waals surface area contributed by atoms with Crippen LogP contribution in [-0.2, 0) is 4.79 Å². The van der Waals surface area contributed by atoms with Crippen LogP contribution in [0.25, 0.3) is 0 Å². The highest BCUT2D eigenvalue weighted by atomic mass is 32.2. The summed E-state index contributed by atoms with van der Waals surface area (Å²) in [5.41, 5.74) is -1.77. The Bertz CT molecular complexity index is 260. The van der Waals surface area contributed by atoms with Crippen molar-refractivity contribution in [3.05, 3.63) is 0 Å². The van der Waals surface area contributed by atoms with Crippen molar-refractivity contribution < 1.29 is 15.0 Å². The maximum absolute atomic E-state index is 11.2. The Balaban J connectivity index is 2.23. The lowest BCUT2D eigenvalue weighted by Crippen LogP contribution is -2.48. The fourth-order valence-corrected chi connectivity index (χ4v) is 3.89. The summed E-state index contributed by atoms with van der Waals surface area (Å²) in [6.45, 7) is 1.92. The summed E-state index contributed by atoms with van der Waals surface area (Å²) >= 11 is 1.80. The lowest BCUT2D eigenvalue weighted by Gasteiger charge is -2.37. The normalized spacial score (nSPS) is 40.6. The number of hydrogen-bond donors (Lipinski definition) is 2. The van der Waals surface area contributed by atoms with Gasteiger partial charge in [-0.2, -0.15) is 11.8 Å². The van der Waals surface area contributed by atoms with E-state index in [9.17, 15) is 15.0 Å². The van der Waals surface area contributed by atoms with Gasteiger partial charge >= 0.3 is 5.97 Å². The van der Waals surface area contributed by atoms with E-state index in [1.54, 1.807) is 11.8 Å². The largest absolute Gasteiger partial charge is 0.481 e.